The number of hydrogen-bond donors (Lipinski definition) is 1. The molecule has 2 N–H and O–H groups in total. The van der Waals surface area contributed by atoms with Crippen molar-refractivity contribution in [2.75, 3.05) is 5.73 Å². The number of rotatable bonds is 1. The summed E-state index contributed by atoms with van der Waals surface area (Å²) in [5.74, 6) is -0.515. The number of aryl methyl sites for hydroxylation is 1. The number of hydrogen-bond acceptors (Lipinski definition) is 3. The number of pyridine rings is 1. The lowest BCUT2D eigenvalue weighted by Crippen LogP contribution is -2.15. The maximum atomic E-state index is 13.3. The molecule has 0 saturated carbocycles. The van der Waals surface area contributed by atoms with Crippen LogP contribution < -0.4 is 5.73 Å². The molecule has 0 radical (unpaired) electrons. The highest BCUT2D eigenvalue weighted by Gasteiger charge is 2.41. The van der Waals surface area contributed by atoms with Crippen molar-refractivity contribution >= 4 is 28.3 Å². The molecule has 138 valence electrons. The third-order valence-corrected chi connectivity index (χ3v) is 3.88. The SMILES string of the molecule is Cc1ccc(-n2nc3cc(C(F)(F)F)nc(C(F)(F)F)c3c2N)c(Cl)c1. The Morgan fingerprint density at radius 3 is 2.23 bits per heavy atom. The van der Waals surface area contributed by atoms with Gasteiger partial charge in [0.05, 0.1) is 21.6 Å². The molecule has 11 heteroatoms. The second-order valence-electron chi connectivity index (χ2n) is 5.50. The van der Waals surface area contributed by atoms with Gasteiger partial charge in [0.25, 0.3) is 0 Å². The molecule has 0 aliphatic rings. The number of benzene rings is 1. The van der Waals surface area contributed by atoms with Crippen molar-refractivity contribution in [3.8, 4) is 5.69 Å². The van der Waals surface area contributed by atoms with Crippen molar-refractivity contribution < 1.29 is 26.3 Å². The first-order valence-electron chi connectivity index (χ1n) is 6.99. The summed E-state index contributed by atoms with van der Waals surface area (Å²) in [6.45, 7) is 1.74. The maximum Gasteiger partial charge on any atom is 0.434 e. The number of nitrogen functional groups attached to an aromatic ring is 1. The molecule has 0 aliphatic heterocycles. The average Bonchev–Trinajstić information content (AvgIpc) is 2.81. The molecule has 0 bridgehead atoms. The first-order chi connectivity index (χ1) is 11.9. The number of alkyl halides is 6. The van der Waals surface area contributed by atoms with Crippen LogP contribution in [0, 0.1) is 6.92 Å². The Kier molecular flexibility index (Phi) is 4.06. The zero-order valence-electron chi connectivity index (χ0n) is 12.9. The molecule has 0 amide bonds. The summed E-state index contributed by atoms with van der Waals surface area (Å²) in [6.07, 6.45) is -10.2. The van der Waals surface area contributed by atoms with Crippen molar-refractivity contribution in [2.45, 2.75) is 19.3 Å². The van der Waals surface area contributed by atoms with Crippen LogP contribution in [0.25, 0.3) is 16.6 Å². The molecule has 2 aromatic heterocycles. The predicted molar refractivity (Wildman–Crippen MR) is 83.0 cm³/mol. The number of aromatic nitrogens is 3. The van der Waals surface area contributed by atoms with E-state index in [1.54, 1.807) is 13.0 Å². The highest BCUT2D eigenvalue weighted by molar-refractivity contribution is 6.32. The van der Waals surface area contributed by atoms with E-state index in [0.717, 1.165) is 10.2 Å². The Labute approximate surface area is 147 Å². The molecular formula is C15H9ClF6N4. The van der Waals surface area contributed by atoms with Crippen LogP contribution in [0.4, 0.5) is 32.2 Å². The summed E-state index contributed by atoms with van der Waals surface area (Å²) < 4.78 is 79.4. The molecule has 0 unspecified atom stereocenters. The normalized spacial score (nSPS) is 12.8. The molecule has 4 nitrogen and oxygen atoms in total. The van der Waals surface area contributed by atoms with Crippen LogP contribution in [0.1, 0.15) is 17.0 Å². The van der Waals surface area contributed by atoms with E-state index in [1.807, 2.05) is 0 Å². The van der Waals surface area contributed by atoms with E-state index in [4.69, 9.17) is 17.3 Å². The predicted octanol–water partition coefficient (Wildman–Crippen LogP) is 5.00. The minimum atomic E-state index is -5.15. The van der Waals surface area contributed by atoms with Crippen LogP contribution in [-0.2, 0) is 12.4 Å². The number of anilines is 1. The van der Waals surface area contributed by atoms with Crippen LogP contribution >= 0.6 is 11.6 Å². The highest BCUT2D eigenvalue weighted by atomic mass is 35.5. The van der Waals surface area contributed by atoms with Crippen LogP contribution in [0.2, 0.25) is 5.02 Å². The maximum absolute atomic E-state index is 13.3. The number of fused-ring (bicyclic) bond motifs is 1. The van der Waals surface area contributed by atoms with Crippen molar-refractivity contribution in [2.24, 2.45) is 0 Å². The van der Waals surface area contributed by atoms with Crippen LogP contribution in [-0.4, -0.2) is 14.8 Å². The van der Waals surface area contributed by atoms with E-state index < -0.39 is 40.5 Å². The summed E-state index contributed by atoms with van der Waals surface area (Å²) >= 11 is 6.06. The molecule has 0 aliphatic carbocycles. The molecule has 2 heterocycles. The first-order valence-corrected chi connectivity index (χ1v) is 7.37. The van der Waals surface area contributed by atoms with Crippen molar-refractivity contribution in [1.82, 2.24) is 14.8 Å². The quantitative estimate of drug-likeness (QED) is 0.591. The Morgan fingerprint density at radius 1 is 1.04 bits per heavy atom. The van der Waals surface area contributed by atoms with E-state index in [0.29, 0.717) is 6.07 Å². The minimum Gasteiger partial charge on any atom is -0.383 e. The fraction of sp³-hybridized carbons (Fsp3) is 0.200. The van der Waals surface area contributed by atoms with E-state index in [9.17, 15) is 26.3 Å². The van der Waals surface area contributed by atoms with Gasteiger partial charge in [-0.15, -0.1) is 0 Å². The van der Waals surface area contributed by atoms with E-state index >= 15 is 0 Å². The van der Waals surface area contributed by atoms with E-state index in [2.05, 4.69) is 10.1 Å². The van der Waals surface area contributed by atoms with Gasteiger partial charge in [0.2, 0.25) is 0 Å². The third-order valence-electron chi connectivity index (χ3n) is 3.58. The molecule has 1 aromatic carbocycles. The van der Waals surface area contributed by atoms with E-state index in [-0.39, 0.29) is 10.7 Å². The largest absolute Gasteiger partial charge is 0.434 e. The van der Waals surface area contributed by atoms with Gasteiger partial charge in [-0.2, -0.15) is 31.4 Å². The molecule has 3 rings (SSSR count). The summed E-state index contributed by atoms with van der Waals surface area (Å²) in [6, 6.07) is 4.99. The summed E-state index contributed by atoms with van der Waals surface area (Å²) in [5, 5.41) is 3.20. The van der Waals surface area contributed by atoms with Gasteiger partial charge >= 0.3 is 12.4 Å². The van der Waals surface area contributed by atoms with E-state index in [1.165, 1.54) is 12.1 Å². The smallest absolute Gasteiger partial charge is 0.383 e. The average molecular weight is 395 g/mol. The number of nitrogens with zero attached hydrogens (tertiary/aromatic N) is 3. The van der Waals surface area contributed by atoms with Gasteiger partial charge in [-0.3, -0.25) is 0 Å². The monoisotopic (exact) mass is 394 g/mol. The zero-order valence-corrected chi connectivity index (χ0v) is 13.6. The third kappa shape index (κ3) is 3.05. The molecule has 0 atom stereocenters. The van der Waals surface area contributed by atoms with Gasteiger partial charge in [0.15, 0.2) is 5.69 Å². The van der Waals surface area contributed by atoms with Crippen molar-refractivity contribution in [3.05, 3.63) is 46.2 Å². The van der Waals surface area contributed by atoms with Gasteiger partial charge in [-0.25, -0.2) is 9.67 Å². The second kappa shape index (κ2) is 5.76. The highest BCUT2D eigenvalue weighted by Crippen LogP contribution is 2.40. The van der Waals surface area contributed by atoms with Gasteiger partial charge in [-0.1, -0.05) is 17.7 Å². The van der Waals surface area contributed by atoms with Crippen LogP contribution in [0.3, 0.4) is 0 Å². The lowest BCUT2D eigenvalue weighted by molar-refractivity contribution is -0.149. The summed E-state index contributed by atoms with van der Waals surface area (Å²) in [7, 11) is 0. The number of nitrogens with two attached hydrogens (primary N) is 1. The fourth-order valence-electron chi connectivity index (χ4n) is 2.45. The molecule has 26 heavy (non-hydrogen) atoms. The summed E-state index contributed by atoms with van der Waals surface area (Å²) in [5.41, 5.74) is 2.60. The first kappa shape index (κ1) is 18.3. The Balaban J connectivity index is 2.38. The Morgan fingerprint density at radius 2 is 1.69 bits per heavy atom. The van der Waals surface area contributed by atoms with Gasteiger partial charge in [0, 0.05) is 0 Å². The second-order valence-corrected chi connectivity index (χ2v) is 5.90. The molecular weight excluding hydrogens is 386 g/mol. The Bertz CT molecular complexity index is 1010. The minimum absolute atomic E-state index is 0.127. The molecule has 0 spiro atoms. The molecule has 3 aromatic rings. The van der Waals surface area contributed by atoms with Gasteiger partial charge in [-0.05, 0) is 30.7 Å². The Hall–Kier alpha value is -2.49. The van der Waals surface area contributed by atoms with Crippen molar-refractivity contribution in [3.63, 3.8) is 0 Å². The topological polar surface area (TPSA) is 56.7 Å². The lowest BCUT2D eigenvalue weighted by atomic mass is 10.2. The molecule has 0 fully saturated rings. The zero-order chi connectivity index (χ0) is 19.4. The van der Waals surface area contributed by atoms with Crippen molar-refractivity contribution in [1.29, 1.82) is 0 Å². The standard InChI is InChI=1S/C15H9ClF6N4/c1-6-2-3-9(7(16)4-6)26-13(23)11-8(25-26)5-10(14(17,18)19)24-12(11)15(20,21)22/h2-5H,23H2,1H3. The van der Waals surface area contributed by atoms with Gasteiger partial charge < -0.3 is 5.73 Å². The number of halogens is 7. The fourth-order valence-corrected chi connectivity index (χ4v) is 2.76. The van der Waals surface area contributed by atoms with Gasteiger partial charge in [0.1, 0.15) is 11.5 Å². The van der Waals surface area contributed by atoms with Crippen LogP contribution in [0.5, 0.6) is 0 Å². The lowest BCUT2D eigenvalue weighted by Gasteiger charge is -2.11. The molecule has 0 saturated heterocycles. The summed E-state index contributed by atoms with van der Waals surface area (Å²) in [4.78, 5) is 2.73. The van der Waals surface area contributed by atoms with Crippen LogP contribution in [0.15, 0.2) is 24.3 Å².